The van der Waals surface area contributed by atoms with Crippen molar-refractivity contribution in [1.82, 2.24) is 4.90 Å². The molecule has 0 amide bonds. The van der Waals surface area contributed by atoms with Crippen LogP contribution in [-0.2, 0) is 0 Å². The number of amidine groups is 1. The number of anilines is 1. The van der Waals surface area contributed by atoms with Crippen molar-refractivity contribution >= 4 is 11.5 Å². The maximum Gasteiger partial charge on any atom is 0.170 e. The molecule has 5 nitrogen and oxygen atoms in total. The predicted octanol–water partition coefficient (Wildman–Crippen LogP) is 2.09. The third kappa shape index (κ3) is 4.11. The summed E-state index contributed by atoms with van der Waals surface area (Å²) in [5.41, 5.74) is 7.49. The van der Waals surface area contributed by atoms with Gasteiger partial charge in [0.1, 0.15) is 0 Å². The van der Waals surface area contributed by atoms with Gasteiger partial charge in [0.2, 0.25) is 0 Å². The third-order valence-corrected chi connectivity index (χ3v) is 4.41. The lowest BCUT2D eigenvalue weighted by Gasteiger charge is -2.34. The Hall–Kier alpha value is -1.75. The minimum Gasteiger partial charge on any atom is -0.409 e. The Morgan fingerprint density at radius 2 is 2.29 bits per heavy atom. The molecule has 1 fully saturated rings. The summed E-state index contributed by atoms with van der Waals surface area (Å²) in [6.45, 7) is 2.22. The molecule has 0 saturated carbocycles. The number of rotatable bonds is 5. The molecule has 1 aliphatic rings. The molecule has 1 aromatic carbocycles. The molecule has 1 unspecified atom stereocenters. The van der Waals surface area contributed by atoms with Crippen molar-refractivity contribution in [2.24, 2.45) is 10.9 Å². The Kier molecular flexibility index (Phi) is 5.44. The van der Waals surface area contributed by atoms with E-state index in [1.165, 1.54) is 32.2 Å². The van der Waals surface area contributed by atoms with Gasteiger partial charge < -0.3 is 20.7 Å². The minimum atomic E-state index is 0.150. The summed E-state index contributed by atoms with van der Waals surface area (Å²) in [4.78, 5) is 4.71. The molecule has 0 aromatic heterocycles. The molecule has 3 N–H and O–H groups in total. The van der Waals surface area contributed by atoms with E-state index >= 15 is 0 Å². The SMILES string of the molecule is CN(CCC1CCCCN1C)c1cccc(/C(N)=N/O)c1. The van der Waals surface area contributed by atoms with E-state index in [0.29, 0.717) is 6.04 Å². The van der Waals surface area contributed by atoms with Crippen molar-refractivity contribution in [2.75, 3.05) is 32.1 Å². The molecule has 5 heteroatoms. The summed E-state index contributed by atoms with van der Waals surface area (Å²) in [7, 11) is 4.32. The summed E-state index contributed by atoms with van der Waals surface area (Å²) >= 11 is 0. The number of benzene rings is 1. The van der Waals surface area contributed by atoms with E-state index in [2.05, 4.69) is 35.1 Å². The van der Waals surface area contributed by atoms with Crippen molar-refractivity contribution < 1.29 is 5.21 Å². The Labute approximate surface area is 127 Å². The zero-order chi connectivity index (χ0) is 15.2. The smallest absolute Gasteiger partial charge is 0.170 e. The minimum absolute atomic E-state index is 0.150. The molecule has 0 aliphatic carbocycles. The van der Waals surface area contributed by atoms with Gasteiger partial charge in [-0.05, 0) is 45.0 Å². The molecule has 0 spiro atoms. The Morgan fingerprint density at radius 1 is 1.48 bits per heavy atom. The molecule has 0 bridgehead atoms. The Balaban J connectivity index is 1.95. The molecule has 1 heterocycles. The topological polar surface area (TPSA) is 65.1 Å². The highest BCUT2D eigenvalue weighted by atomic mass is 16.4. The molecule has 1 aromatic rings. The number of nitrogens with two attached hydrogens (primary N) is 1. The number of hydrogen-bond donors (Lipinski definition) is 2. The summed E-state index contributed by atoms with van der Waals surface area (Å²) in [5, 5.41) is 11.8. The van der Waals surface area contributed by atoms with Gasteiger partial charge in [-0.1, -0.05) is 23.7 Å². The molecule has 1 atom stereocenters. The fourth-order valence-electron chi connectivity index (χ4n) is 2.94. The normalized spacial score (nSPS) is 20.5. The van der Waals surface area contributed by atoms with E-state index in [1.54, 1.807) is 0 Å². The van der Waals surface area contributed by atoms with Gasteiger partial charge >= 0.3 is 0 Å². The highest BCUT2D eigenvalue weighted by Gasteiger charge is 2.19. The number of hydrogen-bond acceptors (Lipinski definition) is 4. The highest BCUT2D eigenvalue weighted by molar-refractivity contribution is 5.97. The zero-order valence-corrected chi connectivity index (χ0v) is 13.0. The number of likely N-dealkylation sites (tertiary alicyclic amines) is 1. The van der Waals surface area contributed by atoms with E-state index in [-0.39, 0.29) is 5.84 Å². The van der Waals surface area contributed by atoms with E-state index in [1.807, 2.05) is 18.2 Å². The maximum absolute atomic E-state index is 8.76. The van der Waals surface area contributed by atoms with E-state index in [0.717, 1.165) is 17.8 Å². The summed E-state index contributed by atoms with van der Waals surface area (Å²) in [6, 6.07) is 8.49. The lowest BCUT2D eigenvalue weighted by Crippen LogP contribution is -2.38. The van der Waals surface area contributed by atoms with Crippen molar-refractivity contribution in [3.63, 3.8) is 0 Å². The van der Waals surface area contributed by atoms with Crippen molar-refractivity contribution in [3.05, 3.63) is 29.8 Å². The summed E-state index contributed by atoms with van der Waals surface area (Å²) in [5.74, 6) is 0.150. The lowest BCUT2D eigenvalue weighted by molar-refractivity contribution is 0.178. The average molecular weight is 290 g/mol. The second-order valence-corrected chi connectivity index (χ2v) is 5.88. The first-order chi connectivity index (χ1) is 10.1. The first-order valence-electron chi connectivity index (χ1n) is 7.61. The van der Waals surface area contributed by atoms with Crippen LogP contribution in [0.15, 0.2) is 29.4 Å². The fraction of sp³-hybridized carbons (Fsp3) is 0.562. The van der Waals surface area contributed by atoms with Crippen LogP contribution in [0.3, 0.4) is 0 Å². The van der Waals surface area contributed by atoms with Crippen LogP contribution < -0.4 is 10.6 Å². The quantitative estimate of drug-likeness (QED) is 0.377. The predicted molar refractivity (Wildman–Crippen MR) is 87.1 cm³/mol. The van der Waals surface area contributed by atoms with Gasteiger partial charge in [0, 0.05) is 30.9 Å². The maximum atomic E-state index is 8.76. The van der Waals surface area contributed by atoms with Crippen molar-refractivity contribution in [1.29, 1.82) is 0 Å². The van der Waals surface area contributed by atoms with E-state index < -0.39 is 0 Å². The number of nitrogens with zero attached hydrogens (tertiary/aromatic N) is 3. The molecule has 1 aliphatic heterocycles. The van der Waals surface area contributed by atoms with Gasteiger partial charge in [-0.15, -0.1) is 0 Å². The van der Waals surface area contributed by atoms with Gasteiger partial charge in [0.05, 0.1) is 0 Å². The molecule has 116 valence electrons. The first-order valence-corrected chi connectivity index (χ1v) is 7.61. The highest BCUT2D eigenvalue weighted by Crippen LogP contribution is 2.20. The van der Waals surface area contributed by atoms with Gasteiger partial charge in [0.15, 0.2) is 5.84 Å². The van der Waals surface area contributed by atoms with Crippen LogP contribution in [0.2, 0.25) is 0 Å². The third-order valence-electron chi connectivity index (χ3n) is 4.41. The van der Waals surface area contributed by atoms with Crippen molar-refractivity contribution in [3.8, 4) is 0 Å². The van der Waals surface area contributed by atoms with Crippen LogP contribution in [0.5, 0.6) is 0 Å². The van der Waals surface area contributed by atoms with Crippen LogP contribution in [0.1, 0.15) is 31.2 Å². The van der Waals surface area contributed by atoms with Crippen LogP contribution in [-0.4, -0.2) is 49.2 Å². The number of oxime groups is 1. The van der Waals surface area contributed by atoms with Crippen LogP contribution in [0, 0.1) is 0 Å². The Bertz CT molecular complexity index is 489. The molecule has 0 radical (unpaired) electrons. The van der Waals surface area contributed by atoms with Gasteiger partial charge in [-0.3, -0.25) is 0 Å². The van der Waals surface area contributed by atoms with Crippen LogP contribution >= 0.6 is 0 Å². The second kappa shape index (κ2) is 7.31. The molecule has 1 saturated heterocycles. The first kappa shape index (κ1) is 15.6. The lowest BCUT2D eigenvalue weighted by atomic mass is 10.00. The Morgan fingerprint density at radius 3 is 3.00 bits per heavy atom. The summed E-state index contributed by atoms with van der Waals surface area (Å²) < 4.78 is 0. The van der Waals surface area contributed by atoms with Gasteiger partial charge in [0.25, 0.3) is 0 Å². The summed E-state index contributed by atoms with van der Waals surface area (Å²) in [6.07, 6.45) is 5.14. The van der Waals surface area contributed by atoms with Crippen molar-refractivity contribution in [2.45, 2.75) is 31.7 Å². The van der Waals surface area contributed by atoms with E-state index in [9.17, 15) is 0 Å². The largest absolute Gasteiger partial charge is 0.409 e. The van der Waals surface area contributed by atoms with E-state index in [4.69, 9.17) is 10.9 Å². The standard InChI is InChI=1S/C16H26N4O/c1-19-10-4-3-7-14(19)9-11-20(2)15-8-5-6-13(12-15)16(17)18-21/h5-6,8,12,14,21H,3-4,7,9-11H2,1-2H3,(H2,17,18). The molecular formula is C16H26N4O. The van der Waals surface area contributed by atoms with Gasteiger partial charge in [-0.25, -0.2) is 0 Å². The zero-order valence-electron chi connectivity index (χ0n) is 13.0. The monoisotopic (exact) mass is 290 g/mol. The average Bonchev–Trinajstić information content (AvgIpc) is 2.53. The van der Waals surface area contributed by atoms with Gasteiger partial charge in [-0.2, -0.15) is 0 Å². The number of piperidine rings is 1. The van der Waals surface area contributed by atoms with Crippen LogP contribution in [0.4, 0.5) is 5.69 Å². The molecule has 21 heavy (non-hydrogen) atoms. The second-order valence-electron chi connectivity index (χ2n) is 5.88. The molecular weight excluding hydrogens is 264 g/mol. The fourth-order valence-corrected chi connectivity index (χ4v) is 2.94. The molecule has 2 rings (SSSR count). The van der Waals surface area contributed by atoms with Crippen LogP contribution in [0.25, 0.3) is 0 Å².